The van der Waals surface area contributed by atoms with E-state index in [1.165, 1.54) is 0 Å². The van der Waals surface area contributed by atoms with Crippen LogP contribution in [0.5, 0.6) is 5.75 Å². The highest BCUT2D eigenvalue weighted by Crippen LogP contribution is 2.26. The number of benzene rings is 2. The number of nitrogens with one attached hydrogen (secondary N) is 1. The average molecular weight is 366 g/mol. The predicted molar refractivity (Wildman–Crippen MR) is 96.4 cm³/mol. The van der Waals surface area contributed by atoms with E-state index in [0.29, 0.717) is 35.5 Å². The number of hydrogen-bond acceptors (Lipinski definition) is 4. The zero-order valence-electron chi connectivity index (χ0n) is 13.8. The lowest BCUT2D eigenvalue weighted by atomic mass is 10.3. The number of amides is 1. The number of carbonyl (C=O) groups excluding carboxylic acids is 1. The Morgan fingerprint density at radius 1 is 1.16 bits per heavy atom. The second-order valence-corrected chi connectivity index (χ2v) is 6.41. The van der Waals surface area contributed by atoms with Crippen molar-refractivity contribution in [3.63, 3.8) is 0 Å². The van der Waals surface area contributed by atoms with Gasteiger partial charge in [0.05, 0.1) is 6.54 Å². The van der Waals surface area contributed by atoms with Crippen molar-refractivity contribution in [3.05, 3.63) is 54.6 Å². The molecular weight excluding hydrogens is 346 g/mol. The van der Waals surface area contributed by atoms with Crippen LogP contribution in [0.2, 0.25) is 0 Å². The van der Waals surface area contributed by atoms with Gasteiger partial charge in [0.2, 0.25) is 5.91 Å². The van der Waals surface area contributed by atoms with Gasteiger partial charge in [-0.3, -0.25) is 9.69 Å². The first kappa shape index (κ1) is 19.2. The van der Waals surface area contributed by atoms with Crippen molar-refractivity contribution < 1.29 is 18.3 Å². The van der Waals surface area contributed by atoms with Gasteiger partial charge in [-0.25, -0.2) is 0 Å². The number of carbonyl (C=O) groups is 1. The highest BCUT2D eigenvalue weighted by molar-refractivity contribution is 7.99. The Morgan fingerprint density at radius 2 is 1.84 bits per heavy atom. The summed E-state index contributed by atoms with van der Waals surface area (Å²) in [5.41, 5.74) is 0.581. The molecule has 0 heterocycles. The van der Waals surface area contributed by atoms with Crippen molar-refractivity contribution in [3.8, 4) is 5.75 Å². The van der Waals surface area contributed by atoms with E-state index >= 15 is 0 Å². The van der Waals surface area contributed by atoms with E-state index in [4.69, 9.17) is 4.74 Å². The Labute approximate surface area is 150 Å². The topological polar surface area (TPSA) is 41.6 Å². The van der Waals surface area contributed by atoms with E-state index in [1.54, 1.807) is 24.3 Å². The fourth-order valence-corrected chi connectivity index (χ4v) is 2.58. The number of likely N-dealkylation sites (N-methyl/N-ethyl adjacent to an activating group) is 1. The van der Waals surface area contributed by atoms with Crippen LogP contribution in [0.15, 0.2) is 59.5 Å². The lowest BCUT2D eigenvalue weighted by Crippen LogP contribution is -2.33. The van der Waals surface area contributed by atoms with Gasteiger partial charge in [0, 0.05) is 17.1 Å². The predicted octanol–water partition coefficient (Wildman–Crippen LogP) is 3.95. The third kappa shape index (κ3) is 7.53. The maximum absolute atomic E-state index is 12.3. The number of anilines is 1. The molecule has 0 aliphatic carbocycles. The third-order valence-electron chi connectivity index (χ3n) is 3.26. The smallest absolute Gasteiger partial charge is 0.288 e. The van der Waals surface area contributed by atoms with Crippen molar-refractivity contribution in [1.82, 2.24) is 4.90 Å². The summed E-state index contributed by atoms with van der Waals surface area (Å²) in [5, 5.41) is 2.74. The van der Waals surface area contributed by atoms with Gasteiger partial charge in [0.25, 0.3) is 5.76 Å². The summed E-state index contributed by atoms with van der Waals surface area (Å²) in [6, 6.07) is 15.8. The summed E-state index contributed by atoms with van der Waals surface area (Å²) >= 11 is 0.476. The highest BCUT2D eigenvalue weighted by atomic mass is 32.2. The molecule has 0 aliphatic rings. The number of halogens is 2. The molecular formula is C18H20F2N2O2S. The van der Waals surface area contributed by atoms with Gasteiger partial charge in [-0.2, -0.15) is 8.78 Å². The average Bonchev–Trinajstić information content (AvgIpc) is 2.57. The van der Waals surface area contributed by atoms with Crippen LogP contribution in [0.4, 0.5) is 14.5 Å². The molecule has 7 heteroatoms. The molecule has 134 valence electrons. The van der Waals surface area contributed by atoms with Gasteiger partial charge in [0.1, 0.15) is 12.4 Å². The number of ether oxygens (including phenoxy) is 1. The zero-order valence-corrected chi connectivity index (χ0v) is 14.6. The number of hydrogen-bond donors (Lipinski definition) is 1. The number of thioether (sulfide) groups is 1. The minimum atomic E-state index is -2.45. The maximum atomic E-state index is 12.3. The molecule has 0 fully saturated rings. The van der Waals surface area contributed by atoms with Crippen molar-refractivity contribution in [1.29, 1.82) is 0 Å². The number of alkyl halides is 2. The number of nitrogens with zero attached hydrogens (tertiary/aromatic N) is 1. The quantitative estimate of drug-likeness (QED) is 0.683. The molecule has 0 spiro atoms. The second kappa shape index (κ2) is 10.0. The molecule has 0 bridgehead atoms. The molecule has 25 heavy (non-hydrogen) atoms. The van der Waals surface area contributed by atoms with Gasteiger partial charge in [-0.05, 0) is 43.4 Å². The molecule has 2 aromatic carbocycles. The SMILES string of the molecule is CN(CCOc1ccccc1)CC(=O)Nc1ccc(SC(F)F)cc1. The summed E-state index contributed by atoms with van der Waals surface area (Å²) in [6.07, 6.45) is 0. The van der Waals surface area contributed by atoms with E-state index in [1.807, 2.05) is 42.3 Å². The highest BCUT2D eigenvalue weighted by Gasteiger charge is 2.08. The van der Waals surface area contributed by atoms with E-state index in [-0.39, 0.29) is 12.5 Å². The molecule has 1 N–H and O–H groups in total. The minimum Gasteiger partial charge on any atom is -0.492 e. The molecule has 0 atom stereocenters. The molecule has 0 aliphatic heterocycles. The third-order valence-corrected chi connectivity index (χ3v) is 3.98. The Kier molecular flexibility index (Phi) is 7.69. The van der Waals surface area contributed by atoms with Gasteiger partial charge in [-0.1, -0.05) is 30.0 Å². The van der Waals surface area contributed by atoms with Crippen molar-refractivity contribution in [2.45, 2.75) is 10.7 Å². The first-order valence-corrected chi connectivity index (χ1v) is 8.62. The summed E-state index contributed by atoms with van der Waals surface area (Å²) in [7, 11) is 1.83. The zero-order chi connectivity index (χ0) is 18.1. The van der Waals surface area contributed by atoms with E-state index in [2.05, 4.69) is 5.32 Å². The van der Waals surface area contributed by atoms with Crippen LogP contribution in [-0.4, -0.2) is 43.3 Å². The monoisotopic (exact) mass is 366 g/mol. The fraction of sp³-hybridized carbons (Fsp3) is 0.278. The van der Waals surface area contributed by atoms with Crippen LogP contribution >= 0.6 is 11.8 Å². The molecule has 0 unspecified atom stereocenters. The molecule has 2 rings (SSSR count). The van der Waals surface area contributed by atoms with Crippen LogP contribution in [0, 0.1) is 0 Å². The lowest BCUT2D eigenvalue weighted by molar-refractivity contribution is -0.117. The van der Waals surface area contributed by atoms with Gasteiger partial charge in [0.15, 0.2) is 0 Å². The second-order valence-electron chi connectivity index (χ2n) is 5.35. The van der Waals surface area contributed by atoms with Gasteiger partial charge >= 0.3 is 0 Å². The van der Waals surface area contributed by atoms with E-state index < -0.39 is 5.76 Å². The van der Waals surface area contributed by atoms with E-state index in [9.17, 15) is 13.6 Å². The summed E-state index contributed by atoms with van der Waals surface area (Å²) in [4.78, 5) is 14.3. The summed E-state index contributed by atoms with van der Waals surface area (Å²) in [6.45, 7) is 1.30. The summed E-state index contributed by atoms with van der Waals surface area (Å²) in [5.74, 6) is -1.83. The normalized spacial score (nSPS) is 10.9. The van der Waals surface area contributed by atoms with Crippen LogP contribution in [0.3, 0.4) is 0 Å². The summed E-state index contributed by atoms with van der Waals surface area (Å²) < 4.78 is 30.1. The lowest BCUT2D eigenvalue weighted by Gasteiger charge is -2.16. The molecule has 2 aromatic rings. The van der Waals surface area contributed by atoms with Crippen LogP contribution in [-0.2, 0) is 4.79 Å². The first-order chi connectivity index (χ1) is 12.0. The van der Waals surface area contributed by atoms with Crippen LogP contribution in [0.25, 0.3) is 0 Å². The Morgan fingerprint density at radius 3 is 2.48 bits per heavy atom. The largest absolute Gasteiger partial charge is 0.492 e. The molecule has 1 amide bonds. The Bertz CT molecular complexity index is 654. The van der Waals surface area contributed by atoms with Crippen molar-refractivity contribution in [2.24, 2.45) is 0 Å². The molecule has 4 nitrogen and oxygen atoms in total. The Balaban J connectivity index is 1.70. The van der Waals surface area contributed by atoms with Gasteiger partial charge < -0.3 is 10.1 Å². The molecule has 0 aromatic heterocycles. The number of rotatable bonds is 9. The van der Waals surface area contributed by atoms with E-state index in [0.717, 1.165) is 5.75 Å². The van der Waals surface area contributed by atoms with Crippen molar-refractivity contribution in [2.75, 3.05) is 32.1 Å². The fourth-order valence-electron chi connectivity index (χ4n) is 2.08. The van der Waals surface area contributed by atoms with Gasteiger partial charge in [-0.15, -0.1) is 0 Å². The molecule has 0 radical (unpaired) electrons. The first-order valence-electron chi connectivity index (χ1n) is 7.74. The maximum Gasteiger partial charge on any atom is 0.288 e. The van der Waals surface area contributed by atoms with Crippen molar-refractivity contribution >= 4 is 23.4 Å². The standard InChI is InChI=1S/C18H20F2N2O2S/c1-22(11-12-24-15-5-3-2-4-6-15)13-17(23)21-14-7-9-16(10-8-14)25-18(19)20/h2-10,18H,11-13H2,1H3,(H,21,23). The number of para-hydroxylation sites is 1. The molecule has 0 saturated heterocycles. The Hall–Kier alpha value is -2.12. The molecule has 0 saturated carbocycles. The minimum absolute atomic E-state index is 0.170. The van der Waals surface area contributed by atoms with Crippen LogP contribution < -0.4 is 10.1 Å². The van der Waals surface area contributed by atoms with Crippen LogP contribution in [0.1, 0.15) is 0 Å².